The van der Waals surface area contributed by atoms with Crippen LogP contribution in [0.4, 0.5) is 0 Å². The van der Waals surface area contributed by atoms with E-state index in [4.69, 9.17) is 5.11 Å². The van der Waals surface area contributed by atoms with E-state index in [0.29, 0.717) is 11.8 Å². The highest BCUT2D eigenvalue weighted by Gasteiger charge is 2.15. The number of hydrogen-bond acceptors (Lipinski definition) is 3. The lowest BCUT2D eigenvalue weighted by atomic mass is 10.1. The summed E-state index contributed by atoms with van der Waals surface area (Å²) >= 11 is 0. The summed E-state index contributed by atoms with van der Waals surface area (Å²) in [6.45, 7) is 0.208. The fraction of sp³-hybridized carbons (Fsp3) is 0.231. The Morgan fingerprint density at radius 1 is 1.06 bits per heavy atom. The third kappa shape index (κ3) is 2.69. The molecule has 4 nitrogen and oxygen atoms in total. The minimum absolute atomic E-state index is 0.0297. The smallest absolute Gasteiger partial charge is 0.241 e. The Balaban J connectivity index is 2.41. The summed E-state index contributed by atoms with van der Waals surface area (Å²) < 4.78 is 26.7. The Kier molecular flexibility index (Phi) is 3.96. The van der Waals surface area contributed by atoms with Gasteiger partial charge in [-0.2, -0.15) is 0 Å². The maximum absolute atomic E-state index is 12.1. The Morgan fingerprint density at radius 3 is 2.56 bits per heavy atom. The van der Waals surface area contributed by atoms with Gasteiger partial charge in [0.2, 0.25) is 10.0 Å². The first-order valence-corrected chi connectivity index (χ1v) is 7.22. The molecule has 0 amide bonds. The molecule has 0 unspecified atom stereocenters. The van der Waals surface area contributed by atoms with Crippen LogP contribution in [-0.4, -0.2) is 26.7 Å². The second-order valence-electron chi connectivity index (χ2n) is 3.95. The monoisotopic (exact) mass is 265 g/mol. The largest absolute Gasteiger partial charge is 0.396 e. The van der Waals surface area contributed by atoms with E-state index in [-0.39, 0.29) is 18.0 Å². The molecular formula is C13H15NO3S. The van der Waals surface area contributed by atoms with Crippen molar-refractivity contribution in [3.05, 3.63) is 42.5 Å². The third-order valence-electron chi connectivity index (χ3n) is 2.67. The Morgan fingerprint density at radius 2 is 1.78 bits per heavy atom. The van der Waals surface area contributed by atoms with Crippen molar-refractivity contribution >= 4 is 20.8 Å². The Bertz CT molecular complexity index is 632. The molecule has 18 heavy (non-hydrogen) atoms. The number of fused-ring (bicyclic) bond motifs is 1. The van der Waals surface area contributed by atoms with Crippen LogP contribution in [0, 0.1) is 0 Å². The molecule has 0 aliphatic heterocycles. The third-order valence-corrected chi connectivity index (χ3v) is 4.19. The molecule has 0 saturated carbocycles. The van der Waals surface area contributed by atoms with Gasteiger partial charge in [0.05, 0.1) is 4.90 Å². The van der Waals surface area contributed by atoms with Gasteiger partial charge in [-0.3, -0.25) is 0 Å². The molecule has 0 aliphatic rings. The number of sulfonamides is 1. The number of aliphatic hydroxyl groups excluding tert-OH is 1. The van der Waals surface area contributed by atoms with Crippen molar-refractivity contribution in [3.63, 3.8) is 0 Å². The number of nitrogens with one attached hydrogen (secondary N) is 1. The second kappa shape index (κ2) is 5.48. The van der Waals surface area contributed by atoms with Crippen LogP contribution in [0.15, 0.2) is 47.4 Å². The van der Waals surface area contributed by atoms with Crippen molar-refractivity contribution in [2.75, 3.05) is 13.2 Å². The van der Waals surface area contributed by atoms with Crippen LogP contribution in [0.25, 0.3) is 10.8 Å². The lowest BCUT2D eigenvalue weighted by Crippen LogP contribution is -2.25. The average molecular weight is 265 g/mol. The fourth-order valence-electron chi connectivity index (χ4n) is 1.79. The summed E-state index contributed by atoms with van der Waals surface area (Å²) in [6.07, 6.45) is 0.407. The second-order valence-corrected chi connectivity index (χ2v) is 5.69. The van der Waals surface area contributed by atoms with Crippen LogP contribution < -0.4 is 4.72 Å². The maximum atomic E-state index is 12.1. The van der Waals surface area contributed by atoms with Gasteiger partial charge in [-0.15, -0.1) is 0 Å². The molecule has 2 rings (SSSR count). The topological polar surface area (TPSA) is 66.4 Å². The SMILES string of the molecule is O=S(=O)(NCCCO)c1cccc2ccccc12. The summed E-state index contributed by atoms with van der Waals surface area (Å²) in [5.74, 6) is 0. The highest BCUT2D eigenvalue weighted by atomic mass is 32.2. The average Bonchev–Trinajstić information content (AvgIpc) is 2.38. The van der Waals surface area contributed by atoms with E-state index < -0.39 is 10.0 Å². The first-order valence-electron chi connectivity index (χ1n) is 5.73. The highest BCUT2D eigenvalue weighted by Crippen LogP contribution is 2.22. The zero-order chi connectivity index (χ0) is 13.0. The van der Waals surface area contributed by atoms with E-state index in [9.17, 15) is 8.42 Å². The van der Waals surface area contributed by atoms with Crippen LogP contribution in [0.3, 0.4) is 0 Å². The molecule has 96 valence electrons. The molecule has 0 saturated heterocycles. The standard InChI is InChI=1S/C13H15NO3S/c15-10-4-9-14-18(16,17)13-8-3-6-11-5-1-2-7-12(11)13/h1-3,5-8,14-15H,4,9-10H2. The highest BCUT2D eigenvalue weighted by molar-refractivity contribution is 7.89. The van der Waals surface area contributed by atoms with Gasteiger partial charge in [0.15, 0.2) is 0 Å². The summed E-state index contributed by atoms with van der Waals surface area (Å²) in [5.41, 5.74) is 0. The molecule has 0 bridgehead atoms. The fourth-order valence-corrected chi connectivity index (χ4v) is 3.10. The number of hydrogen-bond donors (Lipinski definition) is 2. The molecule has 0 spiro atoms. The zero-order valence-electron chi connectivity index (χ0n) is 9.83. The van der Waals surface area contributed by atoms with Gasteiger partial charge < -0.3 is 5.11 Å². The van der Waals surface area contributed by atoms with Crippen LogP contribution in [0.2, 0.25) is 0 Å². The van der Waals surface area contributed by atoms with Crippen molar-refractivity contribution < 1.29 is 13.5 Å². The van der Waals surface area contributed by atoms with Gasteiger partial charge in [-0.1, -0.05) is 36.4 Å². The summed E-state index contributed by atoms with van der Waals surface area (Å²) in [5, 5.41) is 10.3. The molecule has 0 heterocycles. The molecule has 2 aromatic carbocycles. The molecule has 0 aliphatic carbocycles. The van der Waals surface area contributed by atoms with E-state index in [0.717, 1.165) is 5.39 Å². The molecule has 2 N–H and O–H groups in total. The van der Waals surface area contributed by atoms with E-state index >= 15 is 0 Å². The minimum atomic E-state index is -3.52. The minimum Gasteiger partial charge on any atom is -0.396 e. The summed E-state index contributed by atoms with van der Waals surface area (Å²) in [4.78, 5) is 0.276. The molecule has 2 aromatic rings. The van der Waals surface area contributed by atoms with Gasteiger partial charge in [0.1, 0.15) is 0 Å². The van der Waals surface area contributed by atoms with E-state index in [1.54, 1.807) is 18.2 Å². The predicted octanol–water partition coefficient (Wildman–Crippen LogP) is 1.50. The molecule has 0 fully saturated rings. The predicted molar refractivity (Wildman–Crippen MR) is 70.8 cm³/mol. The molecule has 0 radical (unpaired) electrons. The quantitative estimate of drug-likeness (QED) is 0.805. The van der Waals surface area contributed by atoms with Crippen molar-refractivity contribution in [2.24, 2.45) is 0 Å². The lowest BCUT2D eigenvalue weighted by molar-refractivity contribution is 0.289. The molecule has 5 heteroatoms. The van der Waals surface area contributed by atoms with Gasteiger partial charge in [-0.25, -0.2) is 13.1 Å². The van der Waals surface area contributed by atoms with Crippen LogP contribution in [0.1, 0.15) is 6.42 Å². The number of benzene rings is 2. The van der Waals surface area contributed by atoms with Crippen LogP contribution >= 0.6 is 0 Å². The first kappa shape index (κ1) is 13.0. The zero-order valence-corrected chi connectivity index (χ0v) is 10.7. The van der Waals surface area contributed by atoms with Gasteiger partial charge in [0.25, 0.3) is 0 Å². The van der Waals surface area contributed by atoms with Crippen LogP contribution in [0.5, 0.6) is 0 Å². The summed E-state index contributed by atoms with van der Waals surface area (Å²) in [7, 11) is -3.52. The number of rotatable bonds is 5. The Hall–Kier alpha value is -1.43. The normalized spacial score (nSPS) is 11.8. The van der Waals surface area contributed by atoms with Crippen molar-refractivity contribution in [1.29, 1.82) is 0 Å². The molecule has 0 aromatic heterocycles. The first-order chi connectivity index (χ1) is 8.65. The van der Waals surface area contributed by atoms with E-state index in [1.807, 2.05) is 24.3 Å². The summed E-state index contributed by atoms with van der Waals surface area (Å²) in [6, 6.07) is 12.5. The molecule has 0 atom stereocenters. The van der Waals surface area contributed by atoms with Gasteiger partial charge in [0, 0.05) is 18.5 Å². The van der Waals surface area contributed by atoms with E-state index in [1.165, 1.54) is 0 Å². The molecular weight excluding hydrogens is 250 g/mol. The van der Waals surface area contributed by atoms with E-state index in [2.05, 4.69) is 4.72 Å². The van der Waals surface area contributed by atoms with Crippen LogP contribution in [-0.2, 0) is 10.0 Å². The maximum Gasteiger partial charge on any atom is 0.241 e. The Labute approximate surface area is 106 Å². The van der Waals surface area contributed by atoms with Crippen molar-refractivity contribution in [3.8, 4) is 0 Å². The van der Waals surface area contributed by atoms with Crippen molar-refractivity contribution in [2.45, 2.75) is 11.3 Å². The van der Waals surface area contributed by atoms with Crippen molar-refractivity contribution in [1.82, 2.24) is 4.72 Å². The lowest BCUT2D eigenvalue weighted by Gasteiger charge is -2.08. The van der Waals surface area contributed by atoms with Gasteiger partial charge in [-0.05, 0) is 17.9 Å². The number of aliphatic hydroxyl groups is 1. The van der Waals surface area contributed by atoms with Gasteiger partial charge >= 0.3 is 0 Å².